The first-order chi connectivity index (χ1) is 10.1. The molecule has 5 heteroatoms. The predicted molar refractivity (Wildman–Crippen MR) is 80.4 cm³/mol. The number of aromatic carboxylic acids is 1. The van der Waals surface area contributed by atoms with Crippen LogP contribution in [0.5, 0.6) is 0 Å². The zero-order chi connectivity index (χ0) is 15.2. The molecule has 1 amide bonds. The van der Waals surface area contributed by atoms with Crippen molar-refractivity contribution in [3.05, 3.63) is 35.4 Å². The van der Waals surface area contributed by atoms with Crippen LogP contribution in [0.4, 0.5) is 0 Å². The van der Waals surface area contributed by atoms with E-state index in [-0.39, 0.29) is 5.91 Å². The molecule has 0 spiro atoms. The summed E-state index contributed by atoms with van der Waals surface area (Å²) in [5.74, 6) is -0.829. The van der Waals surface area contributed by atoms with Gasteiger partial charge >= 0.3 is 5.97 Å². The molecule has 5 nitrogen and oxygen atoms in total. The molecule has 0 aliphatic heterocycles. The minimum Gasteiger partial charge on any atom is -0.478 e. The summed E-state index contributed by atoms with van der Waals surface area (Å²) < 4.78 is 0. The van der Waals surface area contributed by atoms with E-state index in [1.165, 1.54) is 12.8 Å². The second-order valence-corrected chi connectivity index (χ2v) is 5.51. The van der Waals surface area contributed by atoms with E-state index in [0.29, 0.717) is 31.0 Å². The molecule has 0 atom stereocenters. The Morgan fingerprint density at radius 2 is 2.05 bits per heavy atom. The third kappa shape index (κ3) is 4.86. The zero-order valence-corrected chi connectivity index (χ0v) is 12.3. The first-order valence-corrected chi connectivity index (χ1v) is 7.36. The summed E-state index contributed by atoms with van der Waals surface area (Å²) in [7, 11) is 1.77. The largest absolute Gasteiger partial charge is 0.478 e. The number of carbonyl (C=O) groups excluding carboxylic acids is 1. The molecule has 0 radical (unpaired) electrons. The second kappa shape index (κ2) is 7.22. The number of carboxylic acid groups (broad SMARTS) is 1. The standard InChI is InChI=1S/C16H22N2O3/c1-18(15(19)8-10-17-13-6-7-13)11-9-12-4-2-3-5-14(12)16(20)21/h2-5,13,17H,6-11H2,1H3,(H,20,21). The van der Waals surface area contributed by atoms with Gasteiger partial charge in [-0.1, -0.05) is 18.2 Å². The Balaban J connectivity index is 1.78. The molecular formula is C16H22N2O3. The fourth-order valence-electron chi connectivity index (χ4n) is 2.22. The molecule has 0 heterocycles. The van der Waals surface area contributed by atoms with Crippen LogP contribution in [0.1, 0.15) is 35.2 Å². The molecule has 2 N–H and O–H groups in total. The Morgan fingerprint density at radius 1 is 1.33 bits per heavy atom. The molecule has 1 aromatic rings. The summed E-state index contributed by atoms with van der Waals surface area (Å²) >= 11 is 0. The van der Waals surface area contributed by atoms with Crippen molar-refractivity contribution in [2.45, 2.75) is 31.7 Å². The summed E-state index contributed by atoms with van der Waals surface area (Å²) in [6.45, 7) is 1.26. The van der Waals surface area contributed by atoms with E-state index in [0.717, 1.165) is 12.1 Å². The molecule has 1 aliphatic rings. The monoisotopic (exact) mass is 290 g/mol. The first kappa shape index (κ1) is 15.5. The van der Waals surface area contributed by atoms with Crippen molar-refractivity contribution in [1.82, 2.24) is 10.2 Å². The van der Waals surface area contributed by atoms with Gasteiger partial charge in [0.05, 0.1) is 5.56 Å². The molecule has 0 aromatic heterocycles. The van der Waals surface area contributed by atoms with Crippen LogP contribution in [-0.2, 0) is 11.2 Å². The van der Waals surface area contributed by atoms with E-state index in [1.807, 2.05) is 6.07 Å². The minimum atomic E-state index is -0.923. The molecule has 1 fully saturated rings. The lowest BCUT2D eigenvalue weighted by Crippen LogP contribution is -2.32. The number of hydrogen-bond donors (Lipinski definition) is 2. The number of hydrogen-bond acceptors (Lipinski definition) is 3. The number of benzene rings is 1. The van der Waals surface area contributed by atoms with Crippen LogP contribution in [0, 0.1) is 0 Å². The number of carbonyl (C=O) groups is 2. The lowest BCUT2D eigenvalue weighted by molar-refractivity contribution is -0.129. The number of carboxylic acids is 1. The Morgan fingerprint density at radius 3 is 2.71 bits per heavy atom. The Hall–Kier alpha value is -1.88. The number of amides is 1. The van der Waals surface area contributed by atoms with Crippen LogP contribution in [0.3, 0.4) is 0 Å². The number of likely N-dealkylation sites (N-methyl/N-ethyl adjacent to an activating group) is 1. The van der Waals surface area contributed by atoms with Gasteiger partial charge in [0.15, 0.2) is 0 Å². The smallest absolute Gasteiger partial charge is 0.335 e. The average molecular weight is 290 g/mol. The SMILES string of the molecule is CN(CCc1ccccc1C(=O)O)C(=O)CCNC1CC1. The molecule has 0 bridgehead atoms. The van der Waals surface area contributed by atoms with E-state index in [4.69, 9.17) is 5.11 Å². The van der Waals surface area contributed by atoms with Gasteiger partial charge in [0.1, 0.15) is 0 Å². The topological polar surface area (TPSA) is 69.6 Å². The lowest BCUT2D eigenvalue weighted by Gasteiger charge is -2.18. The zero-order valence-electron chi connectivity index (χ0n) is 12.3. The van der Waals surface area contributed by atoms with Gasteiger partial charge in [-0.3, -0.25) is 4.79 Å². The van der Waals surface area contributed by atoms with Crippen LogP contribution in [-0.4, -0.2) is 48.1 Å². The van der Waals surface area contributed by atoms with Crippen molar-refractivity contribution in [3.8, 4) is 0 Å². The van der Waals surface area contributed by atoms with Crippen molar-refractivity contribution in [2.75, 3.05) is 20.1 Å². The molecule has 21 heavy (non-hydrogen) atoms. The van der Waals surface area contributed by atoms with E-state index >= 15 is 0 Å². The van der Waals surface area contributed by atoms with E-state index in [2.05, 4.69) is 5.32 Å². The minimum absolute atomic E-state index is 0.0935. The highest BCUT2D eigenvalue weighted by Gasteiger charge is 2.20. The van der Waals surface area contributed by atoms with Gasteiger partial charge in [-0.2, -0.15) is 0 Å². The highest BCUT2D eigenvalue weighted by atomic mass is 16.4. The first-order valence-electron chi connectivity index (χ1n) is 7.36. The highest BCUT2D eigenvalue weighted by molar-refractivity contribution is 5.89. The quantitative estimate of drug-likeness (QED) is 0.762. The highest BCUT2D eigenvalue weighted by Crippen LogP contribution is 2.18. The maximum Gasteiger partial charge on any atom is 0.335 e. The lowest BCUT2D eigenvalue weighted by atomic mass is 10.0. The molecule has 1 aromatic carbocycles. The molecule has 114 valence electrons. The maximum absolute atomic E-state index is 12.0. The molecule has 1 aliphatic carbocycles. The third-order valence-corrected chi connectivity index (χ3v) is 3.74. The van der Waals surface area contributed by atoms with Crippen molar-refractivity contribution in [3.63, 3.8) is 0 Å². The fraction of sp³-hybridized carbons (Fsp3) is 0.500. The molecular weight excluding hydrogens is 268 g/mol. The number of nitrogens with one attached hydrogen (secondary N) is 1. The third-order valence-electron chi connectivity index (χ3n) is 3.74. The van der Waals surface area contributed by atoms with E-state index in [9.17, 15) is 9.59 Å². The van der Waals surface area contributed by atoms with Crippen LogP contribution in [0.25, 0.3) is 0 Å². The second-order valence-electron chi connectivity index (χ2n) is 5.51. The van der Waals surface area contributed by atoms with Crippen molar-refractivity contribution >= 4 is 11.9 Å². The van der Waals surface area contributed by atoms with Gasteiger partial charge in [-0.15, -0.1) is 0 Å². The van der Waals surface area contributed by atoms with E-state index < -0.39 is 5.97 Å². The predicted octanol–water partition coefficient (Wildman–Crippen LogP) is 1.53. The molecule has 1 saturated carbocycles. The van der Waals surface area contributed by atoms with Crippen LogP contribution < -0.4 is 5.32 Å². The van der Waals surface area contributed by atoms with Gasteiger partial charge in [0.25, 0.3) is 0 Å². The van der Waals surface area contributed by atoms with Gasteiger partial charge < -0.3 is 15.3 Å². The van der Waals surface area contributed by atoms with Gasteiger partial charge in [0, 0.05) is 32.6 Å². The van der Waals surface area contributed by atoms with Crippen LogP contribution in [0.15, 0.2) is 24.3 Å². The summed E-state index contributed by atoms with van der Waals surface area (Å²) in [6.07, 6.45) is 3.49. The van der Waals surface area contributed by atoms with E-state index in [1.54, 1.807) is 30.1 Å². The fourth-order valence-corrected chi connectivity index (χ4v) is 2.22. The van der Waals surface area contributed by atoms with Crippen LogP contribution in [0.2, 0.25) is 0 Å². The average Bonchev–Trinajstić information content (AvgIpc) is 3.29. The van der Waals surface area contributed by atoms with Gasteiger partial charge in [-0.05, 0) is 30.9 Å². The summed E-state index contributed by atoms with van der Waals surface area (Å²) in [5, 5.41) is 12.4. The summed E-state index contributed by atoms with van der Waals surface area (Å²) in [4.78, 5) is 24.8. The Labute approximate surface area is 125 Å². The van der Waals surface area contributed by atoms with Crippen molar-refractivity contribution in [2.24, 2.45) is 0 Å². The maximum atomic E-state index is 12.0. The Bertz CT molecular complexity index is 512. The number of nitrogens with zero attached hydrogens (tertiary/aromatic N) is 1. The molecule has 0 unspecified atom stereocenters. The number of rotatable bonds is 8. The van der Waals surface area contributed by atoms with Crippen molar-refractivity contribution in [1.29, 1.82) is 0 Å². The molecule has 0 saturated heterocycles. The summed E-state index contributed by atoms with van der Waals surface area (Å²) in [6, 6.07) is 7.55. The van der Waals surface area contributed by atoms with Crippen LogP contribution >= 0.6 is 0 Å². The van der Waals surface area contributed by atoms with Crippen molar-refractivity contribution < 1.29 is 14.7 Å². The van der Waals surface area contributed by atoms with Gasteiger partial charge in [-0.25, -0.2) is 4.79 Å². The summed E-state index contributed by atoms with van der Waals surface area (Å²) in [5.41, 5.74) is 1.08. The normalized spacial score (nSPS) is 14.0. The molecule has 2 rings (SSSR count). The Kier molecular flexibility index (Phi) is 5.33. The van der Waals surface area contributed by atoms with Gasteiger partial charge in [0.2, 0.25) is 5.91 Å².